The molecule has 1 aromatic rings. The molecular weight excluding hydrogens is 190 g/mol. The van der Waals surface area contributed by atoms with Crippen LogP contribution in [0.15, 0.2) is 6.33 Å². The molecule has 0 saturated carbocycles. The Morgan fingerprint density at radius 2 is 2.29 bits per heavy atom. The van der Waals surface area contributed by atoms with Crippen molar-refractivity contribution in [1.82, 2.24) is 14.8 Å². The number of hydrogen-bond donors (Lipinski definition) is 2. The molecule has 2 N–H and O–H groups in total. The fourth-order valence-electron chi connectivity index (χ4n) is 0.981. The van der Waals surface area contributed by atoms with Crippen LogP contribution in [0.3, 0.4) is 0 Å². The molecule has 78 valence electrons. The Hall–Kier alpha value is -1.47. The number of carbonyl (C=O) groups excluding carboxylic acids is 1. The van der Waals surface area contributed by atoms with E-state index in [1.807, 2.05) is 0 Å². The molecule has 14 heavy (non-hydrogen) atoms. The molecule has 0 saturated heterocycles. The van der Waals surface area contributed by atoms with E-state index in [2.05, 4.69) is 14.9 Å². The number of aliphatic hydroxyl groups is 2. The number of hydrogen-bond acceptors (Lipinski definition) is 6. The third-order valence-corrected chi connectivity index (χ3v) is 1.76. The molecule has 1 heterocycles. The van der Waals surface area contributed by atoms with Gasteiger partial charge < -0.3 is 19.5 Å². The van der Waals surface area contributed by atoms with Gasteiger partial charge in [-0.15, -0.1) is 10.2 Å². The molecule has 0 aromatic carbocycles. The van der Waals surface area contributed by atoms with Gasteiger partial charge in [0, 0.05) is 0 Å². The van der Waals surface area contributed by atoms with Crippen LogP contribution in [0.4, 0.5) is 0 Å². The minimum atomic E-state index is -0.658. The fourth-order valence-corrected chi connectivity index (χ4v) is 0.981. The molecule has 1 rings (SSSR count). The summed E-state index contributed by atoms with van der Waals surface area (Å²) in [5, 5.41) is 24.8. The van der Waals surface area contributed by atoms with Gasteiger partial charge in [-0.25, -0.2) is 4.79 Å². The lowest BCUT2D eigenvalue weighted by molar-refractivity contribution is 0.0570. The molecular formula is C7H11N3O4. The summed E-state index contributed by atoms with van der Waals surface area (Å²) in [6.07, 6.45) is 1.25. The third-order valence-electron chi connectivity index (χ3n) is 1.76. The average molecular weight is 201 g/mol. The van der Waals surface area contributed by atoms with Crippen LogP contribution in [0.1, 0.15) is 16.7 Å². The molecule has 0 bridgehead atoms. The maximum absolute atomic E-state index is 11.1. The van der Waals surface area contributed by atoms with Gasteiger partial charge >= 0.3 is 5.97 Å². The first-order valence-corrected chi connectivity index (χ1v) is 3.94. The Morgan fingerprint density at radius 3 is 2.79 bits per heavy atom. The van der Waals surface area contributed by atoms with Gasteiger partial charge in [0.2, 0.25) is 5.82 Å². The van der Waals surface area contributed by atoms with E-state index in [4.69, 9.17) is 10.2 Å². The lowest BCUT2D eigenvalue weighted by Crippen LogP contribution is -2.21. The van der Waals surface area contributed by atoms with Crippen LogP contribution in [-0.4, -0.2) is 51.3 Å². The molecule has 0 atom stereocenters. The monoisotopic (exact) mass is 201 g/mol. The summed E-state index contributed by atoms with van der Waals surface area (Å²) < 4.78 is 5.72. The summed E-state index contributed by atoms with van der Waals surface area (Å²) >= 11 is 0. The van der Waals surface area contributed by atoms with Crippen LogP contribution in [0.5, 0.6) is 0 Å². The standard InChI is InChI=1S/C7H11N3O4/c1-14-7(13)6-9-8-4-10(6)5(2-11)3-12/h4-5,11-12H,2-3H2,1H3. The van der Waals surface area contributed by atoms with Crippen LogP contribution in [0.25, 0.3) is 0 Å². The summed E-state index contributed by atoms with van der Waals surface area (Å²) in [6, 6.07) is -0.626. The Balaban J connectivity index is 2.96. The molecule has 7 nitrogen and oxygen atoms in total. The maximum atomic E-state index is 11.1. The Kier molecular flexibility index (Phi) is 3.55. The largest absolute Gasteiger partial charge is 0.463 e. The van der Waals surface area contributed by atoms with Gasteiger partial charge in [-0.3, -0.25) is 0 Å². The van der Waals surface area contributed by atoms with E-state index < -0.39 is 12.0 Å². The summed E-state index contributed by atoms with van der Waals surface area (Å²) in [5.41, 5.74) is 0. The number of aromatic nitrogens is 3. The third kappa shape index (κ3) is 1.88. The van der Waals surface area contributed by atoms with Crippen molar-refractivity contribution < 1.29 is 19.7 Å². The van der Waals surface area contributed by atoms with E-state index in [0.717, 1.165) is 0 Å². The van der Waals surface area contributed by atoms with Crippen LogP contribution < -0.4 is 0 Å². The van der Waals surface area contributed by atoms with Crippen molar-refractivity contribution in [2.75, 3.05) is 20.3 Å². The van der Waals surface area contributed by atoms with Crippen molar-refractivity contribution in [1.29, 1.82) is 0 Å². The molecule has 0 amide bonds. The van der Waals surface area contributed by atoms with E-state index in [9.17, 15) is 4.79 Å². The zero-order valence-electron chi connectivity index (χ0n) is 7.62. The zero-order valence-corrected chi connectivity index (χ0v) is 7.62. The highest BCUT2D eigenvalue weighted by Gasteiger charge is 2.19. The molecule has 0 aliphatic heterocycles. The van der Waals surface area contributed by atoms with Crippen molar-refractivity contribution in [3.05, 3.63) is 12.2 Å². The molecule has 0 spiro atoms. The van der Waals surface area contributed by atoms with Crippen molar-refractivity contribution in [2.45, 2.75) is 6.04 Å². The highest BCUT2D eigenvalue weighted by atomic mass is 16.5. The number of methoxy groups -OCH3 is 1. The lowest BCUT2D eigenvalue weighted by Gasteiger charge is -2.13. The molecule has 7 heteroatoms. The lowest BCUT2D eigenvalue weighted by atomic mass is 10.3. The van der Waals surface area contributed by atoms with Gasteiger partial charge in [0.05, 0.1) is 26.4 Å². The second-order valence-corrected chi connectivity index (χ2v) is 2.57. The highest BCUT2D eigenvalue weighted by Crippen LogP contribution is 2.07. The Labute approximate surface area is 79.9 Å². The SMILES string of the molecule is COC(=O)c1nncn1C(CO)CO. The Bertz CT molecular complexity index is 308. The number of carbonyl (C=O) groups is 1. The summed E-state index contributed by atoms with van der Waals surface area (Å²) in [5.74, 6) is -0.699. The van der Waals surface area contributed by atoms with Crippen molar-refractivity contribution in [3.63, 3.8) is 0 Å². The minimum absolute atomic E-state index is 0.0411. The van der Waals surface area contributed by atoms with Crippen LogP contribution in [-0.2, 0) is 4.74 Å². The summed E-state index contributed by atoms with van der Waals surface area (Å²) in [6.45, 7) is -0.614. The van der Waals surface area contributed by atoms with E-state index in [1.54, 1.807) is 0 Å². The van der Waals surface area contributed by atoms with Gasteiger partial charge in [0.1, 0.15) is 6.33 Å². The average Bonchev–Trinajstić information content (AvgIpc) is 2.68. The molecule has 0 fully saturated rings. The van der Waals surface area contributed by atoms with E-state index in [0.29, 0.717) is 0 Å². The second kappa shape index (κ2) is 4.68. The van der Waals surface area contributed by atoms with E-state index in [-0.39, 0.29) is 19.0 Å². The highest BCUT2D eigenvalue weighted by molar-refractivity contribution is 5.85. The normalized spacial score (nSPS) is 10.6. The minimum Gasteiger partial charge on any atom is -0.463 e. The first-order chi connectivity index (χ1) is 6.74. The summed E-state index contributed by atoms with van der Waals surface area (Å²) in [4.78, 5) is 11.1. The predicted molar refractivity (Wildman–Crippen MR) is 44.6 cm³/mol. The number of nitrogens with zero attached hydrogens (tertiary/aromatic N) is 3. The molecule has 0 aliphatic carbocycles. The number of ether oxygens (including phenoxy) is 1. The fraction of sp³-hybridized carbons (Fsp3) is 0.571. The van der Waals surface area contributed by atoms with Gasteiger partial charge in [-0.1, -0.05) is 0 Å². The Morgan fingerprint density at radius 1 is 1.64 bits per heavy atom. The van der Waals surface area contributed by atoms with Crippen molar-refractivity contribution >= 4 is 5.97 Å². The molecule has 1 aromatic heterocycles. The smallest absolute Gasteiger partial charge is 0.376 e. The van der Waals surface area contributed by atoms with Crippen LogP contribution >= 0.6 is 0 Å². The number of esters is 1. The van der Waals surface area contributed by atoms with Gasteiger partial charge in [-0.2, -0.15) is 0 Å². The van der Waals surface area contributed by atoms with Crippen molar-refractivity contribution in [3.8, 4) is 0 Å². The predicted octanol–water partition coefficient (Wildman–Crippen LogP) is -1.41. The van der Waals surface area contributed by atoms with Crippen LogP contribution in [0, 0.1) is 0 Å². The molecule has 0 unspecified atom stereocenters. The quantitative estimate of drug-likeness (QED) is 0.581. The van der Waals surface area contributed by atoms with Crippen LogP contribution in [0.2, 0.25) is 0 Å². The first kappa shape index (κ1) is 10.6. The maximum Gasteiger partial charge on any atom is 0.376 e. The van der Waals surface area contributed by atoms with E-state index in [1.165, 1.54) is 18.0 Å². The molecule has 0 aliphatic rings. The van der Waals surface area contributed by atoms with Gasteiger partial charge in [-0.05, 0) is 0 Å². The van der Waals surface area contributed by atoms with Gasteiger partial charge in [0.25, 0.3) is 0 Å². The van der Waals surface area contributed by atoms with Crippen molar-refractivity contribution in [2.24, 2.45) is 0 Å². The number of aliphatic hydroxyl groups excluding tert-OH is 2. The summed E-state index contributed by atoms with van der Waals surface area (Å²) in [7, 11) is 1.22. The second-order valence-electron chi connectivity index (χ2n) is 2.57. The van der Waals surface area contributed by atoms with Gasteiger partial charge in [0.15, 0.2) is 0 Å². The van der Waals surface area contributed by atoms with E-state index >= 15 is 0 Å². The molecule has 0 radical (unpaired) electrons. The first-order valence-electron chi connectivity index (χ1n) is 3.94. The number of rotatable bonds is 4. The zero-order chi connectivity index (χ0) is 10.6. The topological polar surface area (TPSA) is 97.5 Å².